The van der Waals surface area contributed by atoms with Crippen LogP contribution in [0.1, 0.15) is 11.3 Å². The first-order valence-electron chi connectivity index (χ1n) is 4.67. The average molecular weight is 226 g/mol. The fourth-order valence-electron chi connectivity index (χ4n) is 1.52. The molecule has 0 fully saturated rings. The number of halogens is 3. The Balaban J connectivity index is 2.50. The molecule has 2 nitrogen and oxygen atoms in total. The predicted octanol–water partition coefficient (Wildman–Crippen LogP) is 3.20. The number of aromatic nitrogens is 2. The highest BCUT2D eigenvalue weighted by molar-refractivity contribution is 5.35. The number of hydrogen-bond donors (Lipinski definition) is 0. The Bertz CT molecular complexity index is 486. The molecule has 0 aliphatic rings. The predicted molar refractivity (Wildman–Crippen MR) is 53.3 cm³/mol. The molecule has 1 aromatic heterocycles. The van der Waals surface area contributed by atoms with Crippen LogP contribution in [0.15, 0.2) is 36.5 Å². The molecule has 0 N–H and O–H groups in total. The highest BCUT2D eigenvalue weighted by Gasteiger charge is 2.34. The average Bonchev–Trinajstić information content (AvgIpc) is 2.61. The van der Waals surface area contributed by atoms with Gasteiger partial charge in [-0.1, -0.05) is 18.2 Å². The van der Waals surface area contributed by atoms with E-state index >= 15 is 0 Å². The molecule has 2 aromatic rings. The lowest BCUT2D eigenvalue weighted by atomic mass is 10.2. The number of alkyl halides is 3. The molecule has 1 aromatic carbocycles. The fourth-order valence-corrected chi connectivity index (χ4v) is 1.52. The second kappa shape index (κ2) is 3.66. The Morgan fingerprint density at radius 1 is 1.12 bits per heavy atom. The molecule has 0 spiro atoms. The van der Waals surface area contributed by atoms with Crippen LogP contribution in [0.3, 0.4) is 0 Å². The zero-order valence-corrected chi connectivity index (χ0v) is 8.49. The Morgan fingerprint density at radius 3 is 2.25 bits per heavy atom. The van der Waals surface area contributed by atoms with Crippen molar-refractivity contribution < 1.29 is 13.2 Å². The van der Waals surface area contributed by atoms with E-state index in [1.807, 2.05) is 0 Å². The first-order chi connectivity index (χ1) is 7.50. The third-order valence-corrected chi connectivity index (χ3v) is 2.32. The lowest BCUT2D eigenvalue weighted by Crippen LogP contribution is -2.07. The summed E-state index contributed by atoms with van der Waals surface area (Å²) in [5.41, 5.74) is 0.0190. The van der Waals surface area contributed by atoms with Crippen LogP contribution in [0, 0.1) is 6.92 Å². The Labute approximate surface area is 90.3 Å². The maximum atomic E-state index is 12.5. The largest absolute Gasteiger partial charge is 0.419 e. The summed E-state index contributed by atoms with van der Waals surface area (Å²) in [7, 11) is 0. The summed E-state index contributed by atoms with van der Waals surface area (Å²) in [6, 6.07) is 8.72. The van der Waals surface area contributed by atoms with Gasteiger partial charge in [-0.3, -0.25) is 0 Å². The van der Waals surface area contributed by atoms with Gasteiger partial charge in [0.05, 0.1) is 23.1 Å². The van der Waals surface area contributed by atoms with Crippen LogP contribution in [0.4, 0.5) is 13.2 Å². The molecular weight excluding hydrogens is 217 g/mol. The minimum atomic E-state index is -4.35. The third-order valence-electron chi connectivity index (χ3n) is 2.32. The van der Waals surface area contributed by atoms with Crippen molar-refractivity contribution in [3.05, 3.63) is 47.8 Å². The maximum Gasteiger partial charge on any atom is 0.419 e. The van der Waals surface area contributed by atoms with Crippen molar-refractivity contribution >= 4 is 0 Å². The molecular formula is C11H9F3N2. The third kappa shape index (κ3) is 1.80. The highest BCUT2D eigenvalue weighted by atomic mass is 19.4. The zero-order chi connectivity index (χ0) is 11.8. The fraction of sp³-hybridized carbons (Fsp3) is 0.182. The van der Waals surface area contributed by atoms with Crippen LogP contribution in [0.5, 0.6) is 0 Å². The minimum absolute atomic E-state index is 0.0960. The van der Waals surface area contributed by atoms with E-state index in [0.29, 0.717) is 5.69 Å². The Morgan fingerprint density at radius 2 is 1.75 bits per heavy atom. The quantitative estimate of drug-likeness (QED) is 0.730. The van der Waals surface area contributed by atoms with E-state index in [2.05, 4.69) is 5.10 Å². The van der Waals surface area contributed by atoms with Crippen LogP contribution in [-0.4, -0.2) is 9.78 Å². The van der Waals surface area contributed by atoms with Crippen molar-refractivity contribution in [2.75, 3.05) is 0 Å². The van der Waals surface area contributed by atoms with E-state index in [9.17, 15) is 13.2 Å². The van der Waals surface area contributed by atoms with Gasteiger partial charge >= 0.3 is 6.18 Å². The van der Waals surface area contributed by atoms with Gasteiger partial charge in [0.15, 0.2) is 0 Å². The minimum Gasteiger partial charge on any atom is -0.237 e. The highest BCUT2D eigenvalue weighted by Crippen LogP contribution is 2.32. The lowest BCUT2D eigenvalue weighted by molar-refractivity contribution is -0.138. The smallest absolute Gasteiger partial charge is 0.237 e. The van der Waals surface area contributed by atoms with E-state index in [0.717, 1.165) is 6.20 Å². The summed E-state index contributed by atoms with van der Waals surface area (Å²) < 4.78 is 38.9. The van der Waals surface area contributed by atoms with Crippen LogP contribution in [0.25, 0.3) is 5.69 Å². The maximum absolute atomic E-state index is 12.5. The number of para-hydroxylation sites is 1. The summed E-state index contributed by atoms with van der Waals surface area (Å²) in [6.45, 7) is 1.41. The molecule has 0 bridgehead atoms. The number of hydrogen-bond acceptors (Lipinski definition) is 1. The van der Waals surface area contributed by atoms with E-state index in [-0.39, 0.29) is 5.69 Å². The van der Waals surface area contributed by atoms with Crippen molar-refractivity contribution in [3.63, 3.8) is 0 Å². The second-order valence-corrected chi connectivity index (χ2v) is 3.39. The van der Waals surface area contributed by atoms with Gasteiger partial charge in [0.1, 0.15) is 0 Å². The number of benzene rings is 1. The van der Waals surface area contributed by atoms with Crippen LogP contribution < -0.4 is 0 Å². The van der Waals surface area contributed by atoms with E-state index in [1.165, 1.54) is 11.6 Å². The SMILES string of the molecule is Cc1c(C(F)(F)F)cnn1-c1ccccc1. The second-order valence-electron chi connectivity index (χ2n) is 3.39. The normalized spacial score (nSPS) is 11.8. The van der Waals surface area contributed by atoms with Crippen LogP contribution >= 0.6 is 0 Å². The summed E-state index contributed by atoms with van der Waals surface area (Å²) in [5.74, 6) is 0. The molecule has 2 rings (SSSR count). The molecule has 0 radical (unpaired) electrons. The topological polar surface area (TPSA) is 17.8 Å². The number of nitrogens with zero attached hydrogens (tertiary/aromatic N) is 2. The van der Waals surface area contributed by atoms with Gasteiger partial charge < -0.3 is 0 Å². The summed E-state index contributed by atoms with van der Waals surface area (Å²) >= 11 is 0. The van der Waals surface area contributed by atoms with Crippen molar-refractivity contribution in [1.29, 1.82) is 0 Å². The van der Waals surface area contributed by atoms with Crippen LogP contribution in [0.2, 0.25) is 0 Å². The van der Waals surface area contributed by atoms with Gasteiger partial charge in [-0.25, -0.2) is 4.68 Å². The molecule has 5 heteroatoms. The van der Waals surface area contributed by atoms with Crippen molar-refractivity contribution in [2.24, 2.45) is 0 Å². The molecule has 16 heavy (non-hydrogen) atoms. The van der Waals surface area contributed by atoms with Gasteiger partial charge in [-0.2, -0.15) is 18.3 Å². The van der Waals surface area contributed by atoms with Crippen molar-refractivity contribution in [2.45, 2.75) is 13.1 Å². The molecule has 0 aliphatic carbocycles. The van der Waals surface area contributed by atoms with Crippen molar-refractivity contribution in [3.8, 4) is 5.69 Å². The van der Waals surface area contributed by atoms with Crippen LogP contribution in [-0.2, 0) is 6.18 Å². The molecule has 0 unspecified atom stereocenters. The standard InChI is InChI=1S/C11H9F3N2/c1-8-10(11(12,13)14)7-15-16(8)9-5-3-2-4-6-9/h2-7H,1H3. The molecule has 84 valence electrons. The first kappa shape index (κ1) is 10.7. The van der Waals surface area contributed by atoms with Gasteiger partial charge in [0.2, 0.25) is 0 Å². The molecule has 0 saturated carbocycles. The summed E-state index contributed by atoms with van der Waals surface area (Å²) in [6.07, 6.45) is -3.50. The van der Waals surface area contributed by atoms with Gasteiger partial charge in [0, 0.05) is 0 Å². The van der Waals surface area contributed by atoms with Gasteiger partial charge in [0.25, 0.3) is 0 Å². The number of rotatable bonds is 1. The monoisotopic (exact) mass is 226 g/mol. The van der Waals surface area contributed by atoms with Gasteiger partial charge in [-0.05, 0) is 19.1 Å². The first-order valence-corrected chi connectivity index (χ1v) is 4.67. The Hall–Kier alpha value is -1.78. The molecule has 0 saturated heterocycles. The van der Waals surface area contributed by atoms with E-state index in [4.69, 9.17) is 0 Å². The Kier molecular flexibility index (Phi) is 2.46. The van der Waals surface area contributed by atoms with Gasteiger partial charge in [-0.15, -0.1) is 0 Å². The molecule has 0 aliphatic heterocycles. The molecule has 0 atom stereocenters. The van der Waals surface area contributed by atoms with Crippen molar-refractivity contribution in [1.82, 2.24) is 9.78 Å². The molecule has 0 amide bonds. The van der Waals surface area contributed by atoms with E-state index in [1.54, 1.807) is 30.3 Å². The summed E-state index contributed by atoms with van der Waals surface area (Å²) in [4.78, 5) is 0. The zero-order valence-electron chi connectivity index (χ0n) is 8.49. The molecule has 1 heterocycles. The van der Waals surface area contributed by atoms with E-state index < -0.39 is 11.7 Å². The summed E-state index contributed by atoms with van der Waals surface area (Å²) in [5, 5.41) is 3.75. The lowest BCUT2D eigenvalue weighted by Gasteiger charge is -2.07.